The first kappa shape index (κ1) is 22.9. The van der Waals surface area contributed by atoms with Crippen LogP contribution in [0, 0.1) is 0 Å². The number of hydrazine groups is 1. The lowest BCUT2D eigenvalue weighted by molar-refractivity contribution is -0.133. The zero-order chi connectivity index (χ0) is 20.8. The average molecular weight is 531 g/mol. The largest absolute Gasteiger partial charge is 0.481 e. The lowest BCUT2D eigenvalue weighted by atomic mass is 10.3. The number of nitrogens with one attached hydrogen (secondary N) is 2. The molecule has 11 heteroatoms. The number of carbonyl (C=O) groups excluding carboxylic acids is 2. The van der Waals surface area contributed by atoms with Gasteiger partial charge in [0.15, 0.2) is 18.5 Å². The number of hydrogen-bond acceptors (Lipinski definition) is 4. The summed E-state index contributed by atoms with van der Waals surface area (Å²) in [7, 11) is 0. The SMILES string of the molecule is CC(Oc1ccc(Cl)cc1Cl)C(=O)NNC(=O)COc1c(Cl)cc(Cl)cc1Br. The van der Waals surface area contributed by atoms with E-state index in [2.05, 4.69) is 26.8 Å². The first-order valence-corrected chi connectivity index (χ1v) is 9.95. The van der Waals surface area contributed by atoms with E-state index in [9.17, 15) is 9.59 Å². The van der Waals surface area contributed by atoms with Gasteiger partial charge < -0.3 is 9.47 Å². The van der Waals surface area contributed by atoms with E-state index in [4.69, 9.17) is 55.9 Å². The van der Waals surface area contributed by atoms with Crippen LogP contribution in [0.4, 0.5) is 0 Å². The number of halogens is 5. The van der Waals surface area contributed by atoms with Crippen molar-refractivity contribution in [3.63, 3.8) is 0 Å². The fourth-order valence-electron chi connectivity index (χ4n) is 1.89. The molecule has 0 radical (unpaired) electrons. The van der Waals surface area contributed by atoms with E-state index in [1.807, 2.05) is 0 Å². The summed E-state index contributed by atoms with van der Waals surface area (Å²) < 4.78 is 11.3. The van der Waals surface area contributed by atoms with Crippen molar-refractivity contribution in [1.29, 1.82) is 0 Å². The fourth-order valence-corrected chi connectivity index (χ4v) is 3.71. The van der Waals surface area contributed by atoms with E-state index >= 15 is 0 Å². The smallest absolute Gasteiger partial charge is 0.279 e. The second-order valence-electron chi connectivity index (χ2n) is 5.36. The molecule has 1 unspecified atom stereocenters. The van der Waals surface area contributed by atoms with Crippen molar-refractivity contribution in [3.8, 4) is 11.5 Å². The highest BCUT2D eigenvalue weighted by molar-refractivity contribution is 9.10. The van der Waals surface area contributed by atoms with Crippen LogP contribution in [0.3, 0.4) is 0 Å². The third kappa shape index (κ3) is 6.60. The van der Waals surface area contributed by atoms with E-state index in [1.54, 1.807) is 12.1 Å². The fraction of sp³-hybridized carbons (Fsp3) is 0.176. The molecule has 0 aromatic heterocycles. The van der Waals surface area contributed by atoms with Crippen LogP contribution < -0.4 is 20.3 Å². The maximum atomic E-state index is 12.0. The standard InChI is InChI=1S/C17H13BrCl4N2O4/c1-8(28-14-3-2-9(19)5-12(14)21)17(26)24-23-15(25)7-27-16-11(18)4-10(20)6-13(16)22/h2-6,8H,7H2,1H3,(H,23,25)(H,24,26). The molecule has 0 fully saturated rings. The van der Waals surface area contributed by atoms with Crippen molar-refractivity contribution in [1.82, 2.24) is 10.9 Å². The molecule has 2 aromatic carbocycles. The summed E-state index contributed by atoms with van der Waals surface area (Å²) in [6, 6.07) is 7.65. The highest BCUT2D eigenvalue weighted by atomic mass is 79.9. The maximum absolute atomic E-state index is 12.0. The Kier molecular flexibility index (Phi) is 8.52. The van der Waals surface area contributed by atoms with Gasteiger partial charge in [-0.2, -0.15) is 0 Å². The van der Waals surface area contributed by atoms with Gasteiger partial charge in [-0.05, 0) is 53.2 Å². The molecule has 0 heterocycles. The predicted molar refractivity (Wildman–Crippen MR) is 112 cm³/mol. The van der Waals surface area contributed by atoms with E-state index < -0.39 is 24.5 Å². The Morgan fingerprint density at radius 1 is 1.04 bits per heavy atom. The van der Waals surface area contributed by atoms with Gasteiger partial charge in [0.05, 0.1) is 14.5 Å². The summed E-state index contributed by atoms with van der Waals surface area (Å²) in [5.74, 6) is -0.666. The molecule has 0 aliphatic rings. The Morgan fingerprint density at radius 2 is 1.71 bits per heavy atom. The van der Waals surface area contributed by atoms with Gasteiger partial charge >= 0.3 is 0 Å². The van der Waals surface area contributed by atoms with E-state index in [-0.39, 0.29) is 21.5 Å². The minimum absolute atomic E-state index is 0.234. The van der Waals surface area contributed by atoms with Crippen LogP contribution in [-0.2, 0) is 9.59 Å². The monoisotopic (exact) mass is 528 g/mol. The molecule has 2 N–H and O–H groups in total. The van der Waals surface area contributed by atoms with Crippen LogP contribution in [0.2, 0.25) is 20.1 Å². The number of benzene rings is 2. The summed E-state index contributed by atoms with van der Waals surface area (Å²) in [5, 5.41) is 1.35. The van der Waals surface area contributed by atoms with Gasteiger partial charge in [0.25, 0.3) is 11.8 Å². The molecular weight excluding hydrogens is 518 g/mol. The molecule has 2 amide bonds. The van der Waals surface area contributed by atoms with Gasteiger partial charge in [-0.15, -0.1) is 0 Å². The van der Waals surface area contributed by atoms with Crippen LogP contribution in [-0.4, -0.2) is 24.5 Å². The summed E-state index contributed by atoms with van der Waals surface area (Å²) in [4.78, 5) is 23.9. The Labute approximate surface area is 189 Å². The first-order valence-electron chi connectivity index (χ1n) is 7.65. The zero-order valence-corrected chi connectivity index (χ0v) is 18.8. The van der Waals surface area contributed by atoms with Gasteiger partial charge in [0.2, 0.25) is 0 Å². The van der Waals surface area contributed by atoms with Gasteiger partial charge in [-0.3, -0.25) is 20.4 Å². The third-order valence-electron chi connectivity index (χ3n) is 3.20. The molecule has 1 atom stereocenters. The van der Waals surface area contributed by atoms with Crippen molar-refractivity contribution in [3.05, 3.63) is 54.9 Å². The number of rotatable bonds is 6. The van der Waals surface area contributed by atoms with Gasteiger partial charge in [-0.25, -0.2) is 0 Å². The van der Waals surface area contributed by atoms with Crippen LogP contribution in [0.1, 0.15) is 6.92 Å². The lowest BCUT2D eigenvalue weighted by Gasteiger charge is -2.16. The van der Waals surface area contributed by atoms with Gasteiger partial charge in [0.1, 0.15) is 5.75 Å². The first-order chi connectivity index (χ1) is 13.2. The Hall–Kier alpha value is -1.38. The summed E-state index contributed by atoms with van der Waals surface area (Å²) in [6.45, 7) is 1.10. The van der Waals surface area contributed by atoms with E-state index in [0.717, 1.165) is 0 Å². The molecule has 6 nitrogen and oxygen atoms in total. The zero-order valence-electron chi connectivity index (χ0n) is 14.2. The quantitative estimate of drug-likeness (QED) is 0.512. The highest BCUT2D eigenvalue weighted by Gasteiger charge is 2.17. The van der Waals surface area contributed by atoms with Crippen molar-refractivity contribution >= 4 is 74.1 Å². The molecule has 28 heavy (non-hydrogen) atoms. The minimum Gasteiger partial charge on any atom is -0.481 e. The molecule has 2 aromatic rings. The van der Waals surface area contributed by atoms with Crippen LogP contribution in [0.15, 0.2) is 34.8 Å². The van der Waals surface area contributed by atoms with Crippen LogP contribution in [0.25, 0.3) is 0 Å². The summed E-state index contributed by atoms with van der Waals surface area (Å²) in [5.41, 5.74) is 4.44. The Balaban J connectivity index is 1.82. The number of ether oxygens (including phenoxy) is 2. The lowest BCUT2D eigenvalue weighted by Crippen LogP contribution is -2.48. The van der Waals surface area contributed by atoms with Gasteiger partial charge in [-0.1, -0.05) is 46.4 Å². The maximum Gasteiger partial charge on any atom is 0.279 e. The summed E-state index contributed by atoms with van der Waals surface area (Å²) in [6.07, 6.45) is -0.931. The number of hydrogen-bond donors (Lipinski definition) is 2. The number of carbonyl (C=O) groups is 2. The molecule has 0 saturated heterocycles. The molecule has 150 valence electrons. The second-order valence-corrected chi connectivity index (χ2v) is 7.90. The molecule has 0 saturated carbocycles. The topological polar surface area (TPSA) is 76.7 Å². The minimum atomic E-state index is -0.931. The van der Waals surface area contributed by atoms with Crippen molar-refractivity contribution in [2.75, 3.05) is 6.61 Å². The molecular formula is C17H13BrCl4N2O4. The van der Waals surface area contributed by atoms with Crippen LogP contribution >= 0.6 is 62.3 Å². The highest BCUT2D eigenvalue weighted by Crippen LogP contribution is 2.36. The second kappa shape index (κ2) is 10.4. The van der Waals surface area contributed by atoms with Crippen molar-refractivity contribution in [2.24, 2.45) is 0 Å². The number of amides is 2. The van der Waals surface area contributed by atoms with Crippen molar-refractivity contribution < 1.29 is 19.1 Å². The Morgan fingerprint density at radius 3 is 2.36 bits per heavy atom. The Bertz CT molecular complexity index is 874. The van der Waals surface area contributed by atoms with Gasteiger partial charge in [0, 0.05) is 10.0 Å². The molecule has 0 aliphatic carbocycles. The molecule has 0 aliphatic heterocycles. The predicted octanol–water partition coefficient (Wildman–Crippen LogP) is 5.06. The van der Waals surface area contributed by atoms with Crippen LogP contribution in [0.5, 0.6) is 11.5 Å². The molecule has 2 rings (SSSR count). The van der Waals surface area contributed by atoms with Crippen molar-refractivity contribution in [2.45, 2.75) is 13.0 Å². The molecule has 0 spiro atoms. The molecule has 0 bridgehead atoms. The van der Waals surface area contributed by atoms with E-state index in [0.29, 0.717) is 14.5 Å². The normalized spacial score (nSPS) is 11.5. The third-order valence-corrected chi connectivity index (χ3v) is 4.82. The average Bonchev–Trinajstić information content (AvgIpc) is 2.61. The summed E-state index contributed by atoms with van der Waals surface area (Å²) >= 11 is 26.9. The van der Waals surface area contributed by atoms with E-state index in [1.165, 1.54) is 25.1 Å².